The Labute approximate surface area is 106 Å². The standard InChI is InChI=1S/C14H28O3/c1-5-9-12(13(15)17-8-4)14(16,10-6-2)11-7-3/h12,16H,5-11H2,1-4H3. The van der Waals surface area contributed by atoms with Crippen LogP contribution < -0.4 is 0 Å². The van der Waals surface area contributed by atoms with E-state index >= 15 is 0 Å². The van der Waals surface area contributed by atoms with Gasteiger partial charge in [-0.25, -0.2) is 0 Å². The molecule has 0 saturated heterocycles. The van der Waals surface area contributed by atoms with E-state index in [-0.39, 0.29) is 11.9 Å². The van der Waals surface area contributed by atoms with Crippen molar-refractivity contribution in [1.82, 2.24) is 0 Å². The molecule has 0 aliphatic carbocycles. The molecule has 0 aromatic rings. The van der Waals surface area contributed by atoms with Gasteiger partial charge in [-0.2, -0.15) is 0 Å². The summed E-state index contributed by atoms with van der Waals surface area (Å²) >= 11 is 0. The third kappa shape index (κ3) is 5.07. The monoisotopic (exact) mass is 244 g/mol. The molecule has 0 saturated carbocycles. The van der Waals surface area contributed by atoms with Gasteiger partial charge in [0, 0.05) is 0 Å². The zero-order valence-corrected chi connectivity index (χ0v) is 11.8. The van der Waals surface area contributed by atoms with E-state index in [0.717, 1.165) is 19.3 Å². The van der Waals surface area contributed by atoms with Gasteiger partial charge in [0.1, 0.15) is 0 Å². The molecule has 1 atom stereocenters. The first-order valence-electron chi connectivity index (χ1n) is 6.94. The average molecular weight is 244 g/mol. The van der Waals surface area contributed by atoms with Gasteiger partial charge in [-0.1, -0.05) is 40.0 Å². The van der Waals surface area contributed by atoms with E-state index < -0.39 is 5.60 Å². The summed E-state index contributed by atoms with van der Waals surface area (Å²) < 4.78 is 5.10. The van der Waals surface area contributed by atoms with E-state index in [0.29, 0.717) is 25.9 Å². The quantitative estimate of drug-likeness (QED) is 0.633. The van der Waals surface area contributed by atoms with Crippen molar-refractivity contribution in [2.45, 2.75) is 71.8 Å². The van der Waals surface area contributed by atoms with Crippen molar-refractivity contribution in [2.24, 2.45) is 5.92 Å². The SMILES string of the molecule is CCCC(C(=O)OCC)C(O)(CCC)CCC. The van der Waals surface area contributed by atoms with E-state index in [9.17, 15) is 9.90 Å². The minimum atomic E-state index is -0.883. The fourth-order valence-corrected chi connectivity index (χ4v) is 2.48. The number of carbonyl (C=O) groups is 1. The summed E-state index contributed by atoms with van der Waals surface area (Å²) in [7, 11) is 0. The van der Waals surface area contributed by atoms with Gasteiger partial charge in [0.25, 0.3) is 0 Å². The Morgan fingerprint density at radius 1 is 1.12 bits per heavy atom. The first-order valence-corrected chi connectivity index (χ1v) is 6.94. The Hall–Kier alpha value is -0.570. The predicted octanol–water partition coefficient (Wildman–Crippen LogP) is 3.30. The fraction of sp³-hybridized carbons (Fsp3) is 0.929. The van der Waals surface area contributed by atoms with Crippen LogP contribution in [0.25, 0.3) is 0 Å². The second-order valence-corrected chi connectivity index (χ2v) is 4.70. The van der Waals surface area contributed by atoms with Crippen LogP contribution in [-0.4, -0.2) is 23.3 Å². The highest BCUT2D eigenvalue weighted by Gasteiger charge is 2.40. The Kier molecular flexibility index (Phi) is 8.23. The number of esters is 1. The van der Waals surface area contributed by atoms with Gasteiger partial charge in [0.2, 0.25) is 0 Å². The van der Waals surface area contributed by atoms with Crippen molar-refractivity contribution in [3.8, 4) is 0 Å². The summed E-state index contributed by atoms with van der Waals surface area (Å²) in [5.74, 6) is -0.605. The highest BCUT2D eigenvalue weighted by Crippen LogP contribution is 2.32. The minimum absolute atomic E-state index is 0.237. The molecule has 0 spiro atoms. The Balaban J connectivity index is 4.86. The molecule has 3 heteroatoms. The summed E-state index contributed by atoms with van der Waals surface area (Å²) in [5.41, 5.74) is -0.883. The topological polar surface area (TPSA) is 46.5 Å². The number of carbonyl (C=O) groups excluding carboxylic acids is 1. The number of rotatable bonds is 9. The molecule has 17 heavy (non-hydrogen) atoms. The molecule has 0 heterocycles. The van der Waals surface area contributed by atoms with Crippen LogP contribution in [0.5, 0.6) is 0 Å². The second-order valence-electron chi connectivity index (χ2n) is 4.70. The lowest BCUT2D eigenvalue weighted by molar-refractivity contribution is -0.160. The van der Waals surface area contributed by atoms with Crippen LogP contribution in [0.2, 0.25) is 0 Å². The lowest BCUT2D eigenvalue weighted by Gasteiger charge is -2.34. The average Bonchev–Trinajstić information content (AvgIpc) is 2.26. The maximum absolute atomic E-state index is 11.9. The van der Waals surface area contributed by atoms with Crippen molar-refractivity contribution in [3.05, 3.63) is 0 Å². The molecule has 0 rings (SSSR count). The lowest BCUT2D eigenvalue weighted by Crippen LogP contribution is -2.43. The number of hydrogen-bond acceptors (Lipinski definition) is 3. The minimum Gasteiger partial charge on any atom is -0.466 e. The van der Waals surface area contributed by atoms with Crippen LogP contribution in [0, 0.1) is 5.92 Å². The Bertz CT molecular complexity index is 208. The molecular weight excluding hydrogens is 216 g/mol. The molecule has 3 nitrogen and oxygen atoms in total. The van der Waals surface area contributed by atoms with Crippen LogP contribution in [0.15, 0.2) is 0 Å². The molecule has 0 fully saturated rings. The van der Waals surface area contributed by atoms with Crippen molar-refractivity contribution in [3.63, 3.8) is 0 Å². The smallest absolute Gasteiger partial charge is 0.311 e. The van der Waals surface area contributed by atoms with Crippen molar-refractivity contribution in [2.75, 3.05) is 6.61 Å². The molecular formula is C14H28O3. The Morgan fingerprint density at radius 2 is 1.65 bits per heavy atom. The van der Waals surface area contributed by atoms with Gasteiger partial charge < -0.3 is 9.84 Å². The fourth-order valence-electron chi connectivity index (χ4n) is 2.48. The van der Waals surface area contributed by atoms with Gasteiger partial charge in [-0.3, -0.25) is 4.79 Å². The van der Waals surface area contributed by atoms with Gasteiger partial charge in [0.05, 0.1) is 18.1 Å². The van der Waals surface area contributed by atoms with E-state index in [1.54, 1.807) is 6.92 Å². The molecule has 0 aliphatic rings. The molecule has 0 amide bonds. The first kappa shape index (κ1) is 16.4. The maximum Gasteiger partial charge on any atom is 0.311 e. The van der Waals surface area contributed by atoms with Crippen molar-refractivity contribution in [1.29, 1.82) is 0 Å². The zero-order chi connectivity index (χ0) is 13.3. The Morgan fingerprint density at radius 3 is 2.00 bits per heavy atom. The number of hydrogen-bond donors (Lipinski definition) is 1. The van der Waals surface area contributed by atoms with E-state index in [1.165, 1.54) is 0 Å². The normalized spacial score (nSPS) is 13.5. The van der Waals surface area contributed by atoms with Crippen LogP contribution in [-0.2, 0) is 9.53 Å². The third-order valence-electron chi connectivity index (χ3n) is 3.16. The van der Waals surface area contributed by atoms with Crippen LogP contribution in [0.4, 0.5) is 0 Å². The molecule has 102 valence electrons. The van der Waals surface area contributed by atoms with Gasteiger partial charge in [-0.15, -0.1) is 0 Å². The highest BCUT2D eigenvalue weighted by molar-refractivity contribution is 5.73. The van der Waals surface area contributed by atoms with Crippen molar-refractivity contribution < 1.29 is 14.6 Å². The van der Waals surface area contributed by atoms with E-state index in [2.05, 4.69) is 0 Å². The van der Waals surface area contributed by atoms with Gasteiger partial charge in [-0.05, 0) is 26.2 Å². The van der Waals surface area contributed by atoms with Crippen LogP contribution >= 0.6 is 0 Å². The summed E-state index contributed by atoms with van der Waals surface area (Å²) in [6, 6.07) is 0. The second kappa shape index (κ2) is 8.51. The van der Waals surface area contributed by atoms with E-state index in [4.69, 9.17) is 4.74 Å². The molecule has 1 N–H and O–H groups in total. The molecule has 1 unspecified atom stereocenters. The summed E-state index contributed by atoms with van der Waals surface area (Å²) in [6.07, 6.45) is 4.70. The number of aliphatic hydroxyl groups is 1. The molecule has 0 radical (unpaired) electrons. The summed E-state index contributed by atoms with van der Waals surface area (Å²) in [4.78, 5) is 11.9. The van der Waals surface area contributed by atoms with Gasteiger partial charge in [0.15, 0.2) is 0 Å². The third-order valence-corrected chi connectivity index (χ3v) is 3.16. The highest BCUT2D eigenvalue weighted by atomic mass is 16.5. The zero-order valence-electron chi connectivity index (χ0n) is 11.8. The molecule has 0 aromatic carbocycles. The first-order chi connectivity index (χ1) is 8.05. The van der Waals surface area contributed by atoms with Gasteiger partial charge >= 0.3 is 5.97 Å². The number of ether oxygens (including phenoxy) is 1. The summed E-state index contributed by atoms with van der Waals surface area (Å²) in [5, 5.41) is 10.7. The maximum atomic E-state index is 11.9. The molecule has 0 bridgehead atoms. The molecule has 0 aromatic heterocycles. The predicted molar refractivity (Wildman–Crippen MR) is 69.8 cm³/mol. The largest absolute Gasteiger partial charge is 0.466 e. The lowest BCUT2D eigenvalue weighted by atomic mass is 9.78. The summed E-state index contributed by atoms with van der Waals surface area (Å²) in [6.45, 7) is 8.29. The van der Waals surface area contributed by atoms with Crippen molar-refractivity contribution >= 4 is 5.97 Å². The van der Waals surface area contributed by atoms with E-state index in [1.807, 2.05) is 20.8 Å². The van der Waals surface area contributed by atoms with Crippen LogP contribution in [0.3, 0.4) is 0 Å². The molecule has 0 aliphatic heterocycles. The van der Waals surface area contributed by atoms with Crippen LogP contribution in [0.1, 0.15) is 66.2 Å².